The molecule has 7 rings (SSSR count). The van der Waals surface area contributed by atoms with Crippen LogP contribution in [0.5, 0.6) is 0 Å². The molecule has 1 N–H and O–H groups in total. The van der Waals surface area contributed by atoms with Crippen molar-refractivity contribution in [3.05, 3.63) is 35.0 Å². The van der Waals surface area contributed by atoms with E-state index in [1.54, 1.807) is 0 Å². The van der Waals surface area contributed by atoms with Crippen molar-refractivity contribution in [3.63, 3.8) is 0 Å². The van der Waals surface area contributed by atoms with Crippen LogP contribution in [-0.2, 0) is 4.74 Å². The molecule has 5 fully saturated rings. The van der Waals surface area contributed by atoms with Crippen molar-refractivity contribution in [2.45, 2.75) is 64.0 Å². The molecule has 4 saturated carbocycles. The van der Waals surface area contributed by atoms with E-state index in [0.717, 1.165) is 28.7 Å². The number of amides is 1. The molecule has 0 unspecified atom stereocenters. The van der Waals surface area contributed by atoms with E-state index >= 15 is 0 Å². The van der Waals surface area contributed by atoms with E-state index in [1.807, 2.05) is 18.3 Å². The number of halogens is 1. The number of benzene rings is 1. The summed E-state index contributed by atoms with van der Waals surface area (Å²) < 4.78 is 7.58. The predicted molar refractivity (Wildman–Crippen MR) is 119 cm³/mol. The van der Waals surface area contributed by atoms with E-state index in [4.69, 9.17) is 16.3 Å². The lowest BCUT2D eigenvalue weighted by atomic mass is 9.45. The summed E-state index contributed by atoms with van der Waals surface area (Å²) in [4.78, 5) is 13.6. The van der Waals surface area contributed by atoms with Gasteiger partial charge in [-0.1, -0.05) is 17.7 Å². The quantitative estimate of drug-likeness (QED) is 0.692. The number of rotatable bonds is 4. The highest BCUT2D eigenvalue weighted by Gasteiger charge is 2.57. The Morgan fingerprint density at radius 3 is 2.33 bits per heavy atom. The van der Waals surface area contributed by atoms with E-state index in [0.29, 0.717) is 23.8 Å². The molecule has 4 bridgehead atoms. The third-order valence-electron chi connectivity index (χ3n) is 8.86. The van der Waals surface area contributed by atoms with Crippen LogP contribution in [0.1, 0.15) is 68.8 Å². The molecule has 0 atom stereocenters. The summed E-state index contributed by atoms with van der Waals surface area (Å²) in [5.41, 5.74) is 1.73. The first kappa shape index (κ1) is 19.2. The fraction of sp³-hybridized carbons (Fsp3) is 0.640. The maximum Gasteiger partial charge on any atom is 0.253 e. The summed E-state index contributed by atoms with van der Waals surface area (Å²) in [7, 11) is 0. The molecule has 2 aromatic rings. The third kappa shape index (κ3) is 2.72. The molecule has 1 aliphatic heterocycles. The first-order valence-electron chi connectivity index (χ1n) is 11.5. The molecule has 1 saturated heterocycles. The van der Waals surface area contributed by atoms with Crippen LogP contribution in [-0.4, -0.2) is 29.2 Å². The topological polar surface area (TPSA) is 43.3 Å². The Bertz CT molecular complexity index is 984. The zero-order valence-corrected chi connectivity index (χ0v) is 18.7. The molecule has 1 aromatic heterocycles. The van der Waals surface area contributed by atoms with Gasteiger partial charge in [-0.05, 0) is 87.7 Å². The molecule has 4 aliphatic carbocycles. The van der Waals surface area contributed by atoms with Crippen LogP contribution < -0.4 is 5.32 Å². The minimum Gasteiger partial charge on any atom is -0.377 e. The lowest BCUT2D eigenvalue weighted by molar-refractivity contribution is -0.0956. The van der Waals surface area contributed by atoms with Gasteiger partial charge in [0, 0.05) is 17.1 Å². The first-order valence-corrected chi connectivity index (χ1v) is 11.9. The van der Waals surface area contributed by atoms with Gasteiger partial charge in [0.05, 0.1) is 35.4 Å². The van der Waals surface area contributed by atoms with Gasteiger partial charge in [0.2, 0.25) is 0 Å². The standard InChI is InChI=1S/C25H31ClN2O2/c1-24(2,25-9-15-6-16(10-25)8-17(7-15)11-25)27-23(29)19-12-28(18-13-30-14-18)21-5-3-4-20(26)22(19)21/h3-5,12,15-18H,6-11,13-14H2,1-2H3,(H,27,29)/t15-,16+,17-,25-. The number of nitrogens with one attached hydrogen (secondary N) is 1. The Balaban J connectivity index is 1.34. The number of carbonyl (C=O) groups is 1. The number of ether oxygens (including phenoxy) is 1. The van der Waals surface area contributed by atoms with Crippen LogP contribution in [0.3, 0.4) is 0 Å². The molecule has 5 aliphatic rings. The summed E-state index contributed by atoms with van der Waals surface area (Å²) in [6.45, 7) is 5.91. The molecule has 0 radical (unpaired) electrons. The third-order valence-corrected chi connectivity index (χ3v) is 9.17. The molecule has 5 heteroatoms. The SMILES string of the molecule is CC(C)(NC(=O)c1cn(C2COC2)c2cccc(Cl)c12)[C@]12C[C@H]3C[C@H](C[C@H](C3)C1)C2. The van der Waals surface area contributed by atoms with Gasteiger partial charge >= 0.3 is 0 Å². The maximum absolute atomic E-state index is 13.6. The highest BCUT2D eigenvalue weighted by molar-refractivity contribution is 6.36. The van der Waals surface area contributed by atoms with Crippen LogP contribution in [0.15, 0.2) is 24.4 Å². The van der Waals surface area contributed by atoms with Gasteiger partial charge in [-0.2, -0.15) is 0 Å². The van der Waals surface area contributed by atoms with Gasteiger partial charge in [-0.3, -0.25) is 4.79 Å². The zero-order valence-electron chi connectivity index (χ0n) is 17.9. The second-order valence-corrected chi connectivity index (χ2v) is 11.5. The van der Waals surface area contributed by atoms with Crippen molar-refractivity contribution in [2.24, 2.45) is 23.2 Å². The van der Waals surface area contributed by atoms with E-state index in [-0.39, 0.29) is 22.9 Å². The molecular weight excluding hydrogens is 396 g/mol. The number of hydrogen-bond acceptors (Lipinski definition) is 2. The van der Waals surface area contributed by atoms with Crippen LogP contribution in [0.25, 0.3) is 10.9 Å². The van der Waals surface area contributed by atoms with Gasteiger partial charge in [-0.25, -0.2) is 0 Å². The average molecular weight is 427 g/mol. The Labute approximate surface area is 183 Å². The normalized spacial score (nSPS) is 33.1. The number of aromatic nitrogens is 1. The maximum atomic E-state index is 13.6. The Hall–Kier alpha value is -1.52. The predicted octanol–water partition coefficient (Wildman–Crippen LogP) is 5.59. The van der Waals surface area contributed by atoms with Gasteiger partial charge in [0.1, 0.15) is 0 Å². The molecular formula is C25H31ClN2O2. The van der Waals surface area contributed by atoms with E-state index in [2.05, 4.69) is 29.8 Å². The minimum absolute atomic E-state index is 0.00726. The van der Waals surface area contributed by atoms with Crippen molar-refractivity contribution in [2.75, 3.05) is 13.2 Å². The lowest BCUT2D eigenvalue weighted by Gasteiger charge is -2.62. The van der Waals surface area contributed by atoms with Crippen molar-refractivity contribution in [3.8, 4) is 0 Å². The van der Waals surface area contributed by atoms with Gasteiger partial charge in [0.25, 0.3) is 5.91 Å². The Morgan fingerprint density at radius 2 is 1.77 bits per heavy atom. The van der Waals surface area contributed by atoms with Crippen LogP contribution in [0.2, 0.25) is 5.02 Å². The number of carbonyl (C=O) groups excluding carboxylic acids is 1. The summed E-state index contributed by atoms with van der Waals surface area (Å²) in [6, 6.07) is 6.18. The van der Waals surface area contributed by atoms with Crippen molar-refractivity contribution >= 4 is 28.4 Å². The van der Waals surface area contributed by atoms with Crippen LogP contribution >= 0.6 is 11.6 Å². The fourth-order valence-electron chi connectivity index (χ4n) is 7.49. The summed E-state index contributed by atoms with van der Waals surface area (Å²) in [6.07, 6.45) is 10.0. The van der Waals surface area contributed by atoms with E-state index in [1.165, 1.54) is 38.5 Å². The number of hydrogen-bond donors (Lipinski definition) is 1. The number of nitrogens with zero attached hydrogens (tertiary/aromatic N) is 1. The van der Waals surface area contributed by atoms with E-state index in [9.17, 15) is 4.79 Å². The summed E-state index contributed by atoms with van der Waals surface area (Å²) in [5.74, 6) is 2.60. The Kier molecular flexibility index (Phi) is 4.15. The smallest absolute Gasteiger partial charge is 0.253 e. The van der Waals surface area contributed by atoms with Gasteiger partial charge in [0.15, 0.2) is 0 Å². The zero-order chi connectivity index (χ0) is 20.7. The number of fused-ring (bicyclic) bond motifs is 1. The second-order valence-electron chi connectivity index (χ2n) is 11.1. The summed E-state index contributed by atoms with van der Waals surface area (Å²) >= 11 is 6.59. The highest BCUT2D eigenvalue weighted by Crippen LogP contribution is 2.63. The minimum atomic E-state index is -0.227. The highest BCUT2D eigenvalue weighted by atomic mass is 35.5. The molecule has 1 aromatic carbocycles. The molecule has 30 heavy (non-hydrogen) atoms. The van der Waals surface area contributed by atoms with E-state index < -0.39 is 0 Å². The molecule has 4 nitrogen and oxygen atoms in total. The molecule has 2 heterocycles. The Morgan fingerprint density at radius 1 is 1.13 bits per heavy atom. The molecule has 0 spiro atoms. The summed E-state index contributed by atoms with van der Waals surface area (Å²) in [5, 5.41) is 5.00. The largest absolute Gasteiger partial charge is 0.377 e. The monoisotopic (exact) mass is 426 g/mol. The van der Waals surface area contributed by atoms with Crippen molar-refractivity contribution in [1.29, 1.82) is 0 Å². The second kappa shape index (κ2) is 6.49. The average Bonchev–Trinajstić information content (AvgIpc) is 2.99. The van der Waals surface area contributed by atoms with Crippen LogP contribution in [0, 0.1) is 23.2 Å². The lowest BCUT2D eigenvalue weighted by Crippen LogP contribution is -2.62. The van der Waals surface area contributed by atoms with Gasteiger partial charge < -0.3 is 14.6 Å². The van der Waals surface area contributed by atoms with Crippen molar-refractivity contribution < 1.29 is 9.53 Å². The molecule has 1 amide bonds. The van der Waals surface area contributed by atoms with Crippen LogP contribution in [0.4, 0.5) is 0 Å². The first-order chi connectivity index (χ1) is 14.4. The van der Waals surface area contributed by atoms with Gasteiger partial charge in [-0.15, -0.1) is 0 Å². The fourth-order valence-corrected chi connectivity index (χ4v) is 7.76. The van der Waals surface area contributed by atoms with Crippen molar-refractivity contribution in [1.82, 2.24) is 9.88 Å². The molecule has 160 valence electrons.